The fourth-order valence-electron chi connectivity index (χ4n) is 3.17. The van der Waals surface area contributed by atoms with Gasteiger partial charge in [-0.25, -0.2) is 9.97 Å². The van der Waals surface area contributed by atoms with Gasteiger partial charge < -0.3 is 15.0 Å². The first-order valence-corrected chi connectivity index (χ1v) is 10.3. The molecule has 0 saturated carbocycles. The second-order valence-corrected chi connectivity index (χ2v) is 7.85. The summed E-state index contributed by atoms with van der Waals surface area (Å²) >= 11 is 1.61. The van der Waals surface area contributed by atoms with E-state index >= 15 is 0 Å². The van der Waals surface area contributed by atoms with Gasteiger partial charge in [-0.15, -0.1) is 11.3 Å². The Bertz CT molecular complexity index is 895. The molecule has 1 atom stereocenters. The Kier molecular flexibility index (Phi) is 6.81. The van der Waals surface area contributed by atoms with Gasteiger partial charge >= 0.3 is 0 Å². The number of ether oxygens (including phenoxy) is 1. The predicted octanol–water partition coefficient (Wildman–Crippen LogP) is 4.29. The number of fused-ring (bicyclic) bond motifs is 1. The zero-order valence-corrected chi connectivity index (χ0v) is 17.3. The van der Waals surface area contributed by atoms with Gasteiger partial charge in [-0.05, 0) is 35.1 Å². The van der Waals surface area contributed by atoms with Gasteiger partial charge in [-0.1, -0.05) is 26.0 Å². The first kappa shape index (κ1) is 20.1. The Hall–Kier alpha value is -2.67. The maximum absolute atomic E-state index is 10.3. The number of nitrogens with one attached hydrogen (secondary N) is 1. The van der Waals surface area contributed by atoms with Crippen molar-refractivity contribution in [3.63, 3.8) is 0 Å². The number of nitrogens with zero attached hydrogens (tertiary/aromatic N) is 3. The van der Waals surface area contributed by atoms with Crippen LogP contribution in [0.15, 0.2) is 42.0 Å². The van der Waals surface area contributed by atoms with E-state index in [1.54, 1.807) is 17.7 Å². The van der Waals surface area contributed by atoms with Crippen molar-refractivity contribution in [3.05, 3.63) is 47.6 Å². The Labute approximate surface area is 169 Å². The van der Waals surface area contributed by atoms with E-state index in [4.69, 9.17) is 4.74 Å². The number of hydrogen-bond acceptors (Lipinski definition) is 7. The van der Waals surface area contributed by atoms with Crippen LogP contribution in [-0.4, -0.2) is 42.7 Å². The fourth-order valence-corrected chi connectivity index (χ4v) is 3.90. The van der Waals surface area contributed by atoms with Gasteiger partial charge in [0.25, 0.3) is 6.47 Å². The van der Waals surface area contributed by atoms with E-state index in [9.17, 15) is 4.79 Å². The molecule has 3 heterocycles. The number of aromatic nitrogens is 2. The number of hydrogen-bond donors (Lipinski definition) is 1. The van der Waals surface area contributed by atoms with E-state index in [0.717, 1.165) is 29.0 Å². The first-order chi connectivity index (χ1) is 13.6. The van der Waals surface area contributed by atoms with Crippen molar-refractivity contribution in [2.75, 3.05) is 30.4 Å². The Balaban J connectivity index is 0.000000178. The summed E-state index contributed by atoms with van der Waals surface area (Å²) in [5.74, 6) is 1.56. The Morgan fingerprint density at radius 3 is 2.71 bits per heavy atom. The third-order valence-electron chi connectivity index (χ3n) is 4.80. The van der Waals surface area contributed by atoms with E-state index in [-0.39, 0.29) is 6.10 Å². The van der Waals surface area contributed by atoms with Crippen LogP contribution in [0.25, 0.3) is 10.2 Å². The summed E-state index contributed by atoms with van der Waals surface area (Å²) < 4.78 is 4.99. The lowest BCUT2D eigenvalue weighted by Crippen LogP contribution is -2.23. The third kappa shape index (κ3) is 4.78. The van der Waals surface area contributed by atoms with Crippen molar-refractivity contribution in [1.29, 1.82) is 0 Å². The molecular weight excluding hydrogens is 372 g/mol. The zero-order chi connectivity index (χ0) is 19.9. The molecule has 1 N–H and O–H groups in total. The van der Waals surface area contributed by atoms with Crippen molar-refractivity contribution in [3.8, 4) is 0 Å². The molecule has 6 nitrogen and oxygen atoms in total. The number of carbonyl (C=O) groups is 1. The number of benzene rings is 1. The summed E-state index contributed by atoms with van der Waals surface area (Å²) in [4.78, 5) is 22.0. The molecule has 4 rings (SSSR count). The molecule has 1 unspecified atom stereocenters. The van der Waals surface area contributed by atoms with Crippen molar-refractivity contribution < 1.29 is 9.53 Å². The normalized spacial score (nSPS) is 16.0. The summed E-state index contributed by atoms with van der Waals surface area (Å²) in [6, 6.07) is 10.6. The minimum Gasteiger partial charge on any atom is -0.463 e. The average Bonchev–Trinajstić information content (AvgIpc) is 3.38. The van der Waals surface area contributed by atoms with Crippen molar-refractivity contribution >= 4 is 39.5 Å². The Morgan fingerprint density at radius 1 is 1.25 bits per heavy atom. The van der Waals surface area contributed by atoms with Gasteiger partial charge in [0.2, 0.25) is 0 Å². The molecular formula is C21H26N4O2S. The van der Waals surface area contributed by atoms with Crippen LogP contribution >= 0.6 is 11.3 Å². The van der Waals surface area contributed by atoms with E-state index in [0.29, 0.717) is 18.9 Å². The quantitative estimate of drug-likeness (QED) is 0.647. The maximum Gasteiger partial charge on any atom is 0.293 e. The summed E-state index contributed by atoms with van der Waals surface area (Å²) in [5, 5.41) is 6.18. The van der Waals surface area contributed by atoms with E-state index in [2.05, 4.69) is 58.3 Å². The molecule has 148 valence electrons. The van der Waals surface area contributed by atoms with Crippen molar-refractivity contribution in [2.45, 2.75) is 32.3 Å². The van der Waals surface area contributed by atoms with Crippen LogP contribution in [-0.2, 0) is 9.53 Å². The molecule has 2 aromatic heterocycles. The van der Waals surface area contributed by atoms with Gasteiger partial charge in [-0.2, -0.15) is 0 Å². The van der Waals surface area contributed by atoms with Crippen LogP contribution < -0.4 is 10.2 Å². The molecule has 28 heavy (non-hydrogen) atoms. The summed E-state index contributed by atoms with van der Waals surface area (Å²) in [5.41, 5.74) is 2.57. The highest BCUT2D eigenvalue weighted by atomic mass is 32.1. The fraction of sp³-hybridized carbons (Fsp3) is 0.381. The van der Waals surface area contributed by atoms with Gasteiger partial charge in [0.05, 0.1) is 11.9 Å². The minimum absolute atomic E-state index is 0.0175. The minimum atomic E-state index is -0.0175. The summed E-state index contributed by atoms with van der Waals surface area (Å²) in [6.07, 6.45) is 2.42. The standard InChI is InChI=1S/C11H11N3O2S.C10H15N/c15-7-16-8-1-3-14(5-8)10-9-2-4-17-11(9)13-6-12-10;1-8(2)9-4-6-10(11-3)7-5-9/h2,4,6-8H,1,3,5H2;4-8,11H,1-3H3. The zero-order valence-electron chi connectivity index (χ0n) is 16.5. The van der Waals surface area contributed by atoms with Crippen LogP contribution in [0.5, 0.6) is 0 Å². The van der Waals surface area contributed by atoms with Crippen LogP contribution in [0.4, 0.5) is 11.5 Å². The van der Waals surface area contributed by atoms with Crippen molar-refractivity contribution in [1.82, 2.24) is 9.97 Å². The lowest BCUT2D eigenvalue weighted by atomic mass is 10.0. The van der Waals surface area contributed by atoms with Gasteiger partial charge in [-0.3, -0.25) is 4.79 Å². The van der Waals surface area contributed by atoms with Gasteiger partial charge in [0, 0.05) is 25.7 Å². The summed E-state index contributed by atoms with van der Waals surface area (Å²) in [6.45, 7) is 6.50. The maximum atomic E-state index is 10.3. The molecule has 0 radical (unpaired) electrons. The van der Waals surface area contributed by atoms with Crippen LogP contribution in [0.3, 0.4) is 0 Å². The number of thiophene rings is 1. The smallest absolute Gasteiger partial charge is 0.293 e. The molecule has 0 amide bonds. The molecule has 7 heteroatoms. The molecule has 1 fully saturated rings. The lowest BCUT2D eigenvalue weighted by molar-refractivity contribution is -0.132. The second kappa shape index (κ2) is 9.50. The largest absolute Gasteiger partial charge is 0.463 e. The molecule has 0 bridgehead atoms. The number of carbonyl (C=O) groups excluding carboxylic acids is 1. The van der Waals surface area contributed by atoms with Crippen LogP contribution in [0.2, 0.25) is 0 Å². The molecule has 1 aromatic carbocycles. The monoisotopic (exact) mass is 398 g/mol. The van der Waals surface area contributed by atoms with E-state index < -0.39 is 0 Å². The SMILES string of the molecule is CNc1ccc(C(C)C)cc1.O=COC1CCN(c2ncnc3sccc23)C1. The highest BCUT2D eigenvalue weighted by Crippen LogP contribution is 2.29. The molecule has 1 aliphatic rings. The Morgan fingerprint density at radius 2 is 2.04 bits per heavy atom. The van der Waals surface area contributed by atoms with Gasteiger partial charge in [0.1, 0.15) is 23.1 Å². The number of anilines is 2. The highest BCUT2D eigenvalue weighted by molar-refractivity contribution is 7.16. The predicted molar refractivity (Wildman–Crippen MR) is 115 cm³/mol. The van der Waals surface area contributed by atoms with E-state index in [1.165, 1.54) is 11.3 Å². The molecule has 0 spiro atoms. The van der Waals surface area contributed by atoms with Crippen molar-refractivity contribution in [2.24, 2.45) is 0 Å². The molecule has 1 saturated heterocycles. The first-order valence-electron chi connectivity index (χ1n) is 9.42. The second-order valence-electron chi connectivity index (χ2n) is 6.95. The number of rotatable bonds is 5. The van der Waals surface area contributed by atoms with E-state index in [1.807, 2.05) is 18.5 Å². The average molecular weight is 399 g/mol. The lowest BCUT2D eigenvalue weighted by Gasteiger charge is -2.17. The third-order valence-corrected chi connectivity index (χ3v) is 5.62. The van der Waals surface area contributed by atoms with Gasteiger partial charge in [0.15, 0.2) is 0 Å². The summed E-state index contributed by atoms with van der Waals surface area (Å²) in [7, 11) is 1.93. The van der Waals surface area contributed by atoms with Crippen LogP contribution in [0, 0.1) is 0 Å². The molecule has 3 aromatic rings. The topological polar surface area (TPSA) is 67.3 Å². The molecule has 0 aliphatic carbocycles. The van der Waals surface area contributed by atoms with Crippen LogP contribution in [0.1, 0.15) is 31.7 Å². The molecule has 1 aliphatic heterocycles. The highest BCUT2D eigenvalue weighted by Gasteiger charge is 2.25.